The van der Waals surface area contributed by atoms with E-state index in [4.69, 9.17) is 5.11 Å². The van der Waals surface area contributed by atoms with E-state index in [2.05, 4.69) is 66.7 Å². The van der Waals surface area contributed by atoms with Crippen molar-refractivity contribution >= 4 is 33.6 Å². The Labute approximate surface area is 159 Å². The van der Waals surface area contributed by atoms with Crippen LogP contribution in [0.1, 0.15) is 19.4 Å². The molecule has 0 bridgehead atoms. The predicted octanol–water partition coefficient (Wildman–Crippen LogP) is 6.54. The maximum absolute atomic E-state index is 10.6. The van der Waals surface area contributed by atoms with Crippen molar-refractivity contribution in [2.45, 2.75) is 13.8 Å². The molecule has 0 fully saturated rings. The molecule has 0 heterocycles. The van der Waals surface area contributed by atoms with Crippen molar-refractivity contribution in [3.05, 3.63) is 102 Å². The minimum absolute atomic E-state index is 0.705. The van der Waals surface area contributed by atoms with Gasteiger partial charge in [-0.3, -0.25) is 0 Å². The number of hydrogen-bond donors (Lipinski definition) is 1. The minimum Gasteiger partial charge on any atom is -0.478 e. The highest BCUT2D eigenvalue weighted by Gasteiger charge is 2.03. The molecule has 1 N–H and O–H groups in total. The molecule has 0 aliphatic rings. The lowest BCUT2D eigenvalue weighted by molar-refractivity contribution is -0.131. The molecule has 27 heavy (non-hydrogen) atoms. The van der Waals surface area contributed by atoms with Crippen molar-refractivity contribution < 1.29 is 9.90 Å². The topological polar surface area (TPSA) is 37.3 Å². The van der Waals surface area contributed by atoms with Gasteiger partial charge in [-0.2, -0.15) is 0 Å². The third-order valence-corrected chi connectivity index (χ3v) is 4.40. The van der Waals surface area contributed by atoms with Crippen LogP contribution < -0.4 is 0 Å². The van der Waals surface area contributed by atoms with Gasteiger partial charge in [0.15, 0.2) is 0 Å². The fourth-order valence-corrected chi connectivity index (χ4v) is 3.09. The molecule has 3 aromatic rings. The summed E-state index contributed by atoms with van der Waals surface area (Å²) in [4.78, 5) is 10.6. The lowest BCUT2D eigenvalue weighted by Gasteiger charge is -2.07. The summed E-state index contributed by atoms with van der Waals surface area (Å²) < 4.78 is 0. The Morgan fingerprint density at radius 3 is 2.26 bits per heavy atom. The van der Waals surface area contributed by atoms with Gasteiger partial charge >= 0.3 is 5.97 Å². The lowest BCUT2D eigenvalue weighted by Crippen LogP contribution is -1.87. The highest BCUT2D eigenvalue weighted by atomic mass is 16.4. The van der Waals surface area contributed by atoms with Gasteiger partial charge in [-0.15, -0.1) is 0 Å². The first-order valence-electron chi connectivity index (χ1n) is 8.89. The van der Waals surface area contributed by atoms with Crippen molar-refractivity contribution in [2.75, 3.05) is 0 Å². The normalized spacial score (nSPS) is 13.3. The van der Waals surface area contributed by atoms with Crippen LogP contribution in [0, 0.1) is 0 Å². The fraction of sp³-hybridized carbons (Fsp3) is 0.0800. The van der Waals surface area contributed by atoms with E-state index in [0.717, 1.165) is 5.57 Å². The van der Waals surface area contributed by atoms with E-state index < -0.39 is 5.97 Å². The Bertz CT molecular complexity index is 1110. The first-order valence-corrected chi connectivity index (χ1v) is 8.89. The number of rotatable bonds is 5. The molecule has 0 atom stereocenters. The largest absolute Gasteiger partial charge is 0.478 e. The number of hydrogen-bond acceptors (Lipinski definition) is 1. The second-order valence-electron chi connectivity index (χ2n) is 6.56. The zero-order chi connectivity index (χ0) is 19.2. The molecule has 134 valence electrons. The van der Waals surface area contributed by atoms with Gasteiger partial charge in [0.25, 0.3) is 0 Å². The van der Waals surface area contributed by atoms with Gasteiger partial charge in [-0.1, -0.05) is 84.5 Å². The summed E-state index contributed by atoms with van der Waals surface area (Å²) in [6.07, 6.45) is 11.0. The van der Waals surface area contributed by atoms with Crippen LogP contribution in [0.25, 0.3) is 27.6 Å². The Balaban J connectivity index is 1.92. The summed E-state index contributed by atoms with van der Waals surface area (Å²) in [5.41, 5.74) is 2.98. The molecule has 0 radical (unpaired) electrons. The summed E-state index contributed by atoms with van der Waals surface area (Å²) in [6.45, 7) is 3.80. The lowest BCUT2D eigenvalue weighted by atomic mass is 9.97. The molecular formula is C25H22O2. The number of benzene rings is 3. The maximum atomic E-state index is 10.6. The molecule has 0 aromatic heterocycles. The second kappa shape index (κ2) is 8.33. The van der Waals surface area contributed by atoms with Crippen molar-refractivity contribution in [3.63, 3.8) is 0 Å². The Morgan fingerprint density at radius 2 is 1.52 bits per heavy atom. The van der Waals surface area contributed by atoms with Crippen molar-refractivity contribution in [2.24, 2.45) is 0 Å². The number of carboxylic acid groups (broad SMARTS) is 1. The molecular weight excluding hydrogens is 332 g/mol. The summed E-state index contributed by atoms with van der Waals surface area (Å²) >= 11 is 0. The van der Waals surface area contributed by atoms with Crippen LogP contribution in [0.5, 0.6) is 0 Å². The molecule has 3 rings (SSSR count). The quantitative estimate of drug-likeness (QED) is 0.321. The Kier molecular flexibility index (Phi) is 5.68. The summed E-state index contributed by atoms with van der Waals surface area (Å²) in [6, 6.07) is 19.1. The molecule has 0 saturated heterocycles. The molecule has 0 unspecified atom stereocenters. The Hall–Kier alpha value is -3.39. The predicted molar refractivity (Wildman–Crippen MR) is 115 cm³/mol. The molecule has 2 nitrogen and oxygen atoms in total. The van der Waals surface area contributed by atoms with E-state index in [-0.39, 0.29) is 0 Å². The SMILES string of the molecule is CC(/C=C/c1cc2ccccc2c2ccccc12)=C\C=C\C(C)=C\C(=O)O. The van der Waals surface area contributed by atoms with E-state index in [0.29, 0.717) is 5.57 Å². The van der Waals surface area contributed by atoms with Gasteiger partial charge in [0, 0.05) is 6.08 Å². The van der Waals surface area contributed by atoms with Gasteiger partial charge in [0.05, 0.1) is 0 Å². The molecule has 0 spiro atoms. The van der Waals surface area contributed by atoms with Crippen molar-refractivity contribution in [1.29, 1.82) is 0 Å². The average molecular weight is 354 g/mol. The van der Waals surface area contributed by atoms with Gasteiger partial charge in [0.2, 0.25) is 0 Å². The summed E-state index contributed by atoms with van der Waals surface area (Å²) in [5.74, 6) is -0.930. The third-order valence-electron chi connectivity index (χ3n) is 4.40. The fourth-order valence-electron chi connectivity index (χ4n) is 3.09. The minimum atomic E-state index is -0.930. The van der Waals surface area contributed by atoms with E-state index in [9.17, 15) is 4.79 Å². The number of aliphatic carboxylic acids is 1. The Morgan fingerprint density at radius 1 is 0.852 bits per heavy atom. The highest BCUT2D eigenvalue weighted by Crippen LogP contribution is 2.29. The molecule has 0 saturated carbocycles. The second-order valence-corrected chi connectivity index (χ2v) is 6.56. The van der Waals surface area contributed by atoms with Gasteiger partial charge < -0.3 is 5.11 Å². The van der Waals surface area contributed by atoms with Crippen LogP contribution in [0.15, 0.2) is 96.1 Å². The first-order chi connectivity index (χ1) is 13.0. The first kappa shape index (κ1) is 18.4. The van der Waals surface area contributed by atoms with Gasteiger partial charge in [0.1, 0.15) is 0 Å². The molecule has 2 heteroatoms. The number of carboxylic acids is 1. The van der Waals surface area contributed by atoms with Gasteiger partial charge in [-0.05, 0) is 52.6 Å². The number of carbonyl (C=O) groups is 1. The zero-order valence-corrected chi connectivity index (χ0v) is 15.5. The van der Waals surface area contributed by atoms with Crippen LogP contribution in [-0.2, 0) is 4.79 Å². The standard InChI is InChI=1S/C25H22O2/c1-18(8-7-9-19(2)16-25(26)27)14-15-21-17-20-10-3-4-11-22(20)24-13-6-5-12-23(21)24/h3-17H,1-2H3,(H,26,27)/b9-7+,15-14+,18-8+,19-16+. The van der Waals surface area contributed by atoms with E-state index in [1.807, 2.05) is 19.1 Å². The monoisotopic (exact) mass is 354 g/mol. The van der Waals surface area contributed by atoms with Crippen LogP contribution in [0.4, 0.5) is 0 Å². The number of fused-ring (bicyclic) bond motifs is 3. The summed E-state index contributed by atoms with van der Waals surface area (Å²) in [7, 11) is 0. The van der Waals surface area contributed by atoms with Gasteiger partial charge in [-0.25, -0.2) is 4.79 Å². The zero-order valence-electron chi connectivity index (χ0n) is 15.5. The van der Waals surface area contributed by atoms with Crippen LogP contribution >= 0.6 is 0 Å². The van der Waals surface area contributed by atoms with Crippen LogP contribution in [0.3, 0.4) is 0 Å². The number of allylic oxidation sites excluding steroid dienone is 6. The molecule has 3 aromatic carbocycles. The molecule has 0 aliphatic heterocycles. The summed E-state index contributed by atoms with van der Waals surface area (Å²) in [5, 5.41) is 13.7. The van der Waals surface area contributed by atoms with Crippen LogP contribution in [0.2, 0.25) is 0 Å². The van der Waals surface area contributed by atoms with Crippen LogP contribution in [-0.4, -0.2) is 11.1 Å². The third kappa shape index (κ3) is 4.62. The van der Waals surface area contributed by atoms with Crippen molar-refractivity contribution in [1.82, 2.24) is 0 Å². The molecule has 0 aliphatic carbocycles. The van der Waals surface area contributed by atoms with Crippen molar-refractivity contribution in [3.8, 4) is 0 Å². The van der Waals surface area contributed by atoms with E-state index >= 15 is 0 Å². The maximum Gasteiger partial charge on any atom is 0.328 e. The average Bonchev–Trinajstić information content (AvgIpc) is 2.65. The van der Waals surface area contributed by atoms with E-state index in [1.54, 1.807) is 13.0 Å². The smallest absolute Gasteiger partial charge is 0.328 e. The van der Waals surface area contributed by atoms with E-state index in [1.165, 1.54) is 33.2 Å². The molecule has 0 amide bonds. The highest BCUT2D eigenvalue weighted by molar-refractivity contribution is 6.10.